The Hall–Kier alpha value is -3.35. The quantitative estimate of drug-likeness (QED) is 0.752. The molecule has 0 atom stereocenters. The maximum absolute atomic E-state index is 11.0. The van der Waals surface area contributed by atoms with E-state index in [2.05, 4.69) is 15.4 Å². The Morgan fingerprint density at radius 1 is 1.09 bits per heavy atom. The van der Waals surface area contributed by atoms with Crippen molar-refractivity contribution in [2.75, 3.05) is 7.11 Å². The van der Waals surface area contributed by atoms with Crippen LogP contribution in [0.3, 0.4) is 0 Å². The van der Waals surface area contributed by atoms with Gasteiger partial charge in [-0.15, -0.1) is 0 Å². The van der Waals surface area contributed by atoms with Gasteiger partial charge in [0.2, 0.25) is 5.69 Å². The van der Waals surface area contributed by atoms with Crippen LogP contribution >= 0.6 is 0 Å². The minimum atomic E-state index is -1.18. The molecule has 0 saturated heterocycles. The molecule has 7 nitrogen and oxygen atoms in total. The number of hydrogen-bond acceptors (Lipinski definition) is 5. The number of methoxy groups -OCH3 is 1. The van der Waals surface area contributed by atoms with Gasteiger partial charge in [-0.1, -0.05) is 34.6 Å². The molecule has 0 radical (unpaired) electrons. The van der Waals surface area contributed by atoms with Gasteiger partial charge < -0.3 is 14.6 Å². The van der Waals surface area contributed by atoms with Crippen LogP contribution in [0.15, 0.2) is 48.5 Å². The minimum Gasteiger partial charge on any atom is -0.497 e. The summed E-state index contributed by atoms with van der Waals surface area (Å²) in [5, 5.41) is 18.3. The summed E-state index contributed by atoms with van der Waals surface area (Å²) in [6.45, 7) is 0. The van der Waals surface area contributed by atoms with Gasteiger partial charge in [-0.25, -0.2) is 9.89 Å². The van der Waals surface area contributed by atoms with Gasteiger partial charge in [-0.3, -0.25) is 0 Å². The molecule has 2 aromatic carbocycles. The van der Waals surface area contributed by atoms with Crippen LogP contribution in [0, 0.1) is 0 Å². The molecule has 3 rings (SSSR count). The van der Waals surface area contributed by atoms with Crippen LogP contribution < -0.4 is 9.47 Å². The second-order valence-electron chi connectivity index (χ2n) is 4.66. The van der Waals surface area contributed by atoms with Crippen LogP contribution in [0.1, 0.15) is 10.5 Å². The summed E-state index contributed by atoms with van der Waals surface area (Å²) in [4.78, 5) is 11.0. The second kappa shape index (κ2) is 6.18. The lowest BCUT2D eigenvalue weighted by Crippen LogP contribution is -1.99. The number of nitrogens with one attached hydrogen (secondary N) is 1. The molecular formula is C16H13N3O4. The van der Waals surface area contributed by atoms with Gasteiger partial charge in [0.25, 0.3) is 5.88 Å². The number of aromatic nitrogens is 3. The highest BCUT2D eigenvalue weighted by Gasteiger charge is 2.16. The molecule has 1 aromatic heterocycles. The van der Waals surface area contributed by atoms with E-state index in [0.717, 1.165) is 16.9 Å². The molecule has 23 heavy (non-hydrogen) atoms. The molecule has 0 bridgehead atoms. The van der Waals surface area contributed by atoms with E-state index in [1.165, 1.54) is 0 Å². The van der Waals surface area contributed by atoms with Crippen molar-refractivity contribution in [2.24, 2.45) is 0 Å². The molecular weight excluding hydrogens is 298 g/mol. The highest BCUT2D eigenvalue weighted by molar-refractivity contribution is 5.87. The van der Waals surface area contributed by atoms with Crippen LogP contribution in [-0.4, -0.2) is 33.6 Å². The van der Waals surface area contributed by atoms with Gasteiger partial charge in [0, 0.05) is 0 Å². The van der Waals surface area contributed by atoms with Crippen LogP contribution in [-0.2, 0) is 0 Å². The molecule has 0 unspecified atom stereocenters. The second-order valence-corrected chi connectivity index (χ2v) is 4.66. The normalized spacial score (nSPS) is 10.3. The molecule has 116 valence electrons. The Labute approximate surface area is 131 Å². The Morgan fingerprint density at radius 3 is 2.57 bits per heavy atom. The van der Waals surface area contributed by atoms with Gasteiger partial charge in [0.05, 0.1) is 7.11 Å². The number of nitrogens with zero attached hydrogens (tertiary/aromatic N) is 2. The molecule has 2 N–H and O–H groups in total. The number of aromatic carboxylic acids is 1. The average Bonchev–Trinajstić information content (AvgIpc) is 3.04. The monoisotopic (exact) mass is 311 g/mol. The van der Waals surface area contributed by atoms with E-state index in [4.69, 9.17) is 14.6 Å². The smallest absolute Gasteiger partial charge is 0.359 e. The summed E-state index contributed by atoms with van der Waals surface area (Å²) >= 11 is 0. The maximum Gasteiger partial charge on any atom is 0.359 e. The van der Waals surface area contributed by atoms with Crippen LogP contribution in [0.2, 0.25) is 0 Å². The summed E-state index contributed by atoms with van der Waals surface area (Å²) in [6, 6.07) is 14.9. The number of rotatable bonds is 5. The molecule has 0 fully saturated rings. The van der Waals surface area contributed by atoms with E-state index in [1.54, 1.807) is 19.2 Å². The van der Waals surface area contributed by atoms with E-state index in [9.17, 15) is 4.79 Å². The average molecular weight is 311 g/mol. The lowest BCUT2D eigenvalue weighted by molar-refractivity contribution is 0.0687. The van der Waals surface area contributed by atoms with Crippen molar-refractivity contribution in [3.63, 3.8) is 0 Å². The number of H-pyrrole nitrogens is 1. The summed E-state index contributed by atoms with van der Waals surface area (Å²) in [5.41, 5.74) is 1.79. The van der Waals surface area contributed by atoms with Crippen molar-refractivity contribution in [3.8, 4) is 28.5 Å². The molecule has 0 aliphatic rings. The Kier molecular flexibility index (Phi) is 3.92. The van der Waals surface area contributed by atoms with Crippen molar-refractivity contribution in [1.82, 2.24) is 15.4 Å². The van der Waals surface area contributed by atoms with Crippen molar-refractivity contribution < 1.29 is 19.4 Å². The highest BCUT2D eigenvalue weighted by Crippen LogP contribution is 2.27. The number of aromatic amines is 1. The number of hydrogen-bond donors (Lipinski definition) is 2. The van der Waals surface area contributed by atoms with Gasteiger partial charge in [0.1, 0.15) is 11.5 Å². The SMILES string of the molecule is COc1cccc(-c2ccc(Oc3nn[nH]c3C(=O)O)cc2)c1. The Balaban J connectivity index is 1.82. The Morgan fingerprint density at radius 2 is 1.87 bits per heavy atom. The fourth-order valence-electron chi connectivity index (χ4n) is 2.06. The molecule has 0 spiro atoms. The van der Waals surface area contributed by atoms with Crippen molar-refractivity contribution >= 4 is 5.97 Å². The number of carboxylic acid groups (broad SMARTS) is 1. The highest BCUT2D eigenvalue weighted by atomic mass is 16.5. The summed E-state index contributed by atoms with van der Waals surface area (Å²) < 4.78 is 10.6. The fourth-order valence-corrected chi connectivity index (χ4v) is 2.06. The third kappa shape index (κ3) is 3.13. The summed E-state index contributed by atoms with van der Waals surface area (Å²) in [6.07, 6.45) is 0. The molecule has 0 aliphatic carbocycles. The predicted octanol–water partition coefficient (Wildman–Crippen LogP) is 2.97. The fraction of sp³-hybridized carbons (Fsp3) is 0.0625. The van der Waals surface area contributed by atoms with Crippen molar-refractivity contribution in [2.45, 2.75) is 0 Å². The van der Waals surface area contributed by atoms with Crippen LogP contribution in [0.4, 0.5) is 0 Å². The van der Waals surface area contributed by atoms with E-state index >= 15 is 0 Å². The van der Waals surface area contributed by atoms with Gasteiger partial charge in [-0.05, 0) is 35.4 Å². The zero-order valence-electron chi connectivity index (χ0n) is 12.2. The summed E-state index contributed by atoms with van der Waals surface area (Å²) in [7, 11) is 1.62. The molecule has 3 aromatic rings. The van der Waals surface area contributed by atoms with E-state index in [0.29, 0.717) is 5.75 Å². The predicted molar refractivity (Wildman–Crippen MR) is 81.8 cm³/mol. The van der Waals surface area contributed by atoms with Gasteiger partial charge in [0.15, 0.2) is 0 Å². The third-order valence-corrected chi connectivity index (χ3v) is 3.20. The molecule has 1 heterocycles. The van der Waals surface area contributed by atoms with Crippen molar-refractivity contribution in [1.29, 1.82) is 0 Å². The maximum atomic E-state index is 11.0. The number of carbonyl (C=O) groups is 1. The molecule has 7 heteroatoms. The largest absolute Gasteiger partial charge is 0.497 e. The minimum absolute atomic E-state index is 0.0772. The van der Waals surface area contributed by atoms with Crippen LogP contribution in [0.5, 0.6) is 17.4 Å². The van der Waals surface area contributed by atoms with E-state index < -0.39 is 5.97 Å². The number of benzene rings is 2. The molecule has 0 saturated carbocycles. The zero-order chi connectivity index (χ0) is 16.2. The van der Waals surface area contributed by atoms with Crippen molar-refractivity contribution in [3.05, 3.63) is 54.2 Å². The zero-order valence-corrected chi connectivity index (χ0v) is 12.2. The summed E-state index contributed by atoms with van der Waals surface area (Å²) in [5.74, 6) is -0.0193. The van der Waals surface area contributed by atoms with E-state index in [-0.39, 0.29) is 11.6 Å². The first kappa shape index (κ1) is 14.6. The van der Waals surface area contributed by atoms with Crippen LogP contribution in [0.25, 0.3) is 11.1 Å². The first-order valence-electron chi connectivity index (χ1n) is 6.74. The lowest BCUT2D eigenvalue weighted by Gasteiger charge is -2.06. The molecule has 0 amide bonds. The van der Waals surface area contributed by atoms with Gasteiger partial charge in [-0.2, -0.15) is 0 Å². The first-order valence-corrected chi connectivity index (χ1v) is 6.74. The number of carboxylic acids is 1. The third-order valence-electron chi connectivity index (χ3n) is 3.20. The van der Waals surface area contributed by atoms with Gasteiger partial charge >= 0.3 is 5.97 Å². The lowest BCUT2D eigenvalue weighted by atomic mass is 10.1. The Bertz CT molecular complexity index is 827. The number of ether oxygens (including phenoxy) is 2. The standard InChI is InChI=1S/C16H13N3O4/c1-22-13-4-2-3-11(9-13)10-5-7-12(8-6-10)23-15-14(16(20)21)17-19-18-15/h2-9H,1H3,(H,20,21)(H,17,18,19). The topological polar surface area (TPSA) is 97.3 Å². The first-order chi connectivity index (χ1) is 11.2. The van der Waals surface area contributed by atoms with E-state index in [1.807, 2.05) is 36.4 Å². The molecule has 0 aliphatic heterocycles.